The van der Waals surface area contributed by atoms with E-state index in [9.17, 15) is 4.79 Å². The highest BCUT2D eigenvalue weighted by Gasteiger charge is 2.06. The summed E-state index contributed by atoms with van der Waals surface area (Å²) in [5.41, 5.74) is 3.52. The minimum absolute atomic E-state index is 0.109. The number of H-pyrrole nitrogens is 1. The van der Waals surface area contributed by atoms with Crippen molar-refractivity contribution >= 4 is 16.6 Å². The number of likely N-dealkylation sites (N-methyl/N-ethyl adjacent to an activating group) is 2. The van der Waals surface area contributed by atoms with E-state index in [2.05, 4.69) is 53.0 Å². The Morgan fingerprint density at radius 3 is 2.50 bits per heavy atom. The predicted molar refractivity (Wildman–Crippen MR) is 99.6 cm³/mol. The van der Waals surface area contributed by atoms with Crippen LogP contribution in [-0.4, -0.2) is 49.1 Å². The van der Waals surface area contributed by atoms with Crippen molar-refractivity contribution in [3.8, 4) is 11.3 Å². The number of nitrogens with one attached hydrogen (secondary N) is 1. The lowest BCUT2D eigenvalue weighted by Crippen LogP contribution is -2.28. The fraction of sp³-hybridized carbons (Fsp3) is 0.263. The molecule has 0 bridgehead atoms. The molecule has 124 valence electrons. The molecular weight excluding hydrogens is 300 g/mol. The molecule has 2 heterocycles. The summed E-state index contributed by atoms with van der Waals surface area (Å²) in [6, 6.07) is 13.7. The van der Waals surface area contributed by atoms with Crippen LogP contribution in [0.15, 0.2) is 53.5 Å². The van der Waals surface area contributed by atoms with Crippen LogP contribution >= 0.6 is 0 Å². The normalized spacial score (nSPS) is 11.2. The third-order valence-electron chi connectivity index (χ3n) is 4.11. The first-order valence-electron chi connectivity index (χ1n) is 7.99. The van der Waals surface area contributed by atoms with Gasteiger partial charge in [0.2, 0.25) is 0 Å². The zero-order chi connectivity index (χ0) is 17.1. The third-order valence-corrected chi connectivity index (χ3v) is 4.11. The minimum Gasteiger partial charge on any atom is -0.373 e. The van der Waals surface area contributed by atoms with Gasteiger partial charge in [-0.2, -0.15) is 0 Å². The maximum atomic E-state index is 12.2. The Labute approximate surface area is 141 Å². The number of benzene rings is 1. The number of hydrogen-bond donors (Lipinski definition) is 1. The second-order valence-electron chi connectivity index (χ2n) is 6.22. The van der Waals surface area contributed by atoms with Crippen molar-refractivity contribution in [1.29, 1.82) is 0 Å². The second-order valence-corrected chi connectivity index (χ2v) is 6.22. The average molecular weight is 322 g/mol. The first-order valence-corrected chi connectivity index (χ1v) is 7.99. The van der Waals surface area contributed by atoms with E-state index in [0.29, 0.717) is 10.9 Å². The smallest absolute Gasteiger partial charge is 0.257 e. The average Bonchev–Trinajstić information content (AvgIpc) is 2.60. The van der Waals surface area contributed by atoms with Gasteiger partial charge in [0.05, 0.1) is 16.6 Å². The molecule has 1 aromatic carbocycles. The second kappa shape index (κ2) is 6.84. The molecule has 0 saturated carbocycles. The largest absolute Gasteiger partial charge is 0.373 e. The van der Waals surface area contributed by atoms with Gasteiger partial charge in [0.1, 0.15) is 0 Å². The van der Waals surface area contributed by atoms with E-state index in [1.807, 2.05) is 18.2 Å². The standard InChI is InChI=1S/C19H22N4O/c1-22(2)11-12-23(3)15-8-6-14(7-9-15)17-13-18-16(19(24)21-17)5-4-10-20-18/h4-10,13H,11-12H2,1-3H3,(H,21,24). The van der Waals surface area contributed by atoms with Gasteiger partial charge in [-0.05, 0) is 50.0 Å². The van der Waals surface area contributed by atoms with Crippen LogP contribution in [0.2, 0.25) is 0 Å². The summed E-state index contributed by atoms with van der Waals surface area (Å²) < 4.78 is 0. The summed E-state index contributed by atoms with van der Waals surface area (Å²) in [6.07, 6.45) is 1.70. The number of hydrogen-bond acceptors (Lipinski definition) is 4. The van der Waals surface area contributed by atoms with Crippen molar-refractivity contribution < 1.29 is 0 Å². The summed E-state index contributed by atoms with van der Waals surface area (Å²) in [6.45, 7) is 1.96. The Balaban J connectivity index is 1.87. The van der Waals surface area contributed by atoms with Crippen LogP contribution in [0.25, 0.3) is 22.2 Å². The first-order chi connectivity index (χ1) is 11.5. The third kappa shape index (κ3) is 3.46. The molecule has 0 unspecified atom stereocenters. The molecule has 5 nitrogen and oxygen atoms in total. The van der Waals surface area contributed by atoms with E-state index in [1.165, 1.54) is 0 Å². The summed E-state index contributed by atoms with van der Waals surface area (Å²) >= 11 is 0. The monoisotopic (exact) mass is 322 g/mol. The molecule has 0 radical (unpaired) electrons. The Morgan fingerprint density at radius 2 is 1.79 bits per heavy atom. The highest BCUT2D eigenvalue weighted by atomic mass is 16.1. The molecule has 0 aliphatic heterocycles. The fourth-order valence-corrected chi connectivity index (χ4v) is 2.62. The van der Waals surface area contributed by atoms with Crippen LogP contribution in [0.4, 0.5) is 5.69 Å². The molecule has 2 aromatic heterocycles. The van der Waals surface area contributed by atoms with Crippen molar-refractivity contribution in [1.82, 2.24) is 14.9 Å². The molecule has 0 aliphatic rings. The maximum Gasteiger partial charge on any atom is 0.257 e. The van der Waals surface area contributed by atoms with Crippen molar-refractivity contribution in [3.05, 3.63) is 59.0 Å². The lowest BCUT2D eigenvalue weighted by molar-refractivity contribution is 0.416. The zero-order valence-corrected chi connectivity index (χ0v) is 14.3. The van der Waals surface area contributed by atoms with Crippen LogP contribution in [0, 0.1) is 0 Å². The molecule has 24 heavy (non-hydrogen) atoms. The van der Waals surface area contributed by atoms with Gasteiger partial charge >= 0.3 is 0 Å². The minimum atomic E-state index is -0.109. The maximum absolute atomic E-state index is 12.2. The fourth-order valence-electron chi connectivity index (χ4n) is 2.62. The van der Waals surface area contributed by atoms with Gasteiger partial charge in [-0.15, -0.1) is 0 Å². The van der Waals surface area contributed by atoms with Crippen LogP contribution in [-0.2, 0) is 0 Å². The summed E-state index contributed by atoms with van der Waals surface area (Å²) in [7, 11) is 6.22. The number of fused-ring (bicyclic) bond motifs is 1. The Hall–Kier alpha value is -2.66. The van der Waals surface area contributed by atoms with Gasteiger partial charge in [0, 0.05) is 32.0 Å². The summed E-state index contributed by atoms with van der Waals surface area (Å²) in [5, 5.41) is 0.612. The lowest BCUT2D eigenvalue weighted by atomic mass is 10.1. The predicted octanol–water partition coefficient (Wildman–Crippen LogP) is 2.59. The van der Waals surface area contributed by atoms with Crippen LogP contribution in [0.3, 0.4) is 0 Å². The Morgan fingerprint density at radius 1 is 1.04 bits per heavy atom. The molecule has 0 aliphatic carbocycles. The molecule has 0 fully saturated rings. The van der Waals surface area contributed by atoms with Crippen LogP contribution < -0.4 is 10.5 Å². The number of rotatable bonds is 5. The van der Waals surface area contributed by atoms with E-state index < -0.39 is 0 Å². The van der Waals surface area contributed by atoms with Crippen molar-refractivity contribution in [2.75, 3.05) is 39.1 Å². The molecular formula is C19H22N4O. The quantitative estimate of drug-likeness (QED) is 0.784. The molecule has 5 heteroatoms. The van der Waals surface area contributed by atoms with E-state index in [0.717, 1.165) is 30.0 Å². The Bertz CT molecular complexity index is 884. The number of nitrogens with zero attached hydrogens (tertiary/aromatic N) is 3. The van der Waals surface area contributed by atoms with E-state index >= 15 is 0 Å². The van der Waals surface area contributed by atoms with Gasteiger partial charge in [-0.3, -0.25) is 9.78 Å². The van der Waals surface area contributed by atoms with Gasteiger partial charge in [-0.1, -0.05) is 12.1 Å². The van der Waals surface area contributed by atoms with Crippen molar-refractivity contribution in [3.63, 3.8) is 0 Å². The summed E-state index contributed by atoms with van der Waals surface area (Å²) in [5.74, 6) is 0. The van der Waals surface area contributed by atoms with Gasteiger partial charge in [0.25, 0.3) is 5.56 Å². The molecule has 3 rings (SSSR count). The topological polar surface area (TPSA) is 52.2 Å². The van der Waals surface area contributed by atoms with Crippen LogP contribution in [0.1, 0.15) is 0 Å². The number of aromatic nitrogens is 2. The molecule has 1 N–H and O–H groups in total. The first kappa shape index (κ1) is 16.2. The van der Waals surface area contributed by atoms with E-state index in [-0.39, 0.29) is 5.56 Å². The van der Waals surface area contributed by atoms with Gasteiger partial charge in [-0.25, -0.2) is 0 Å². The number of anilines is 1. The summed E-state index contributed by atoms with van der Waals surface area (Å²) in [4.78, 5) is 23.8. The number of aromatic amines is 1. The zero-order valence-electron chi connectivity index (χ0n) is 14.3. The SMILES string of the molecule is CN(C)CCN(C)c1ccc(-c2cc3ncccc3c(=O)[nH]2)cc1. The molecule has 0 atom stereocenters. The number of pyridine rings is 2. The van der Waals surface area contributed by atoms with Crippen molar-refractivity contribution in [2.24, 2.45) is 0 Å². The van der Waals surface area contributed by atoms with Crippen molar-refractivity contribution in [2.45, 2.75) is 0 Å². The molecule has 0 spiro atoms. The molecule has 3 aromatic rings. The van der Waals surface area contributed by atoms with Gasteiger partial charge in [0.15, 0.2) is 0 Å². The van der Waals surface area contributed by atoms with E-state index in [4.69, 9.17) is 0 Å². The van der Waals surface area contributed by atoms with Crippen LogP contribution in [0.5, 0.6) is 0 Å². The van der Waals surface area contributed by atoms with E-state index in [1.54, 1.807) is 18.3 Å². The Kier molecular flexibility index (Phi) is 4.62. The highest BCUT2D eigenvalue weighted by molar-refractivity contribution is 5.81. The molecule has 0 amide bonds. The molecule has 0 saturated heterocycles. The highest BCUT2D eigenvalue weighted by Crippen LogP contribution is 2.22. The van der Waals surface area contributed by atoms with Gasteiger partial charge < -0.3 is 14.8 Å². The lowest BCUT2D eigenvalue weighted by Gasteiger charge is -2.21.